The number of ketones is 1. The number of esters is 1. The second-order valence-corrected chi connectivity index (χ2v) is 7.99. The van der Waals surface area contributed by atoms with Gasteiger partial charge >= 0.3 is 11.7 Å². The molecule has 186 valence electrons. The smallest absolute Gasteiger partial charge is 0.420 e. The number of aryl methyl sites for hydroxylation is 1. The summed E-state index contributed by atoms with van der Waals surface area (Å²) in [6.07, 6.45) is 0. The molecule has 2 aromatic carbocycles. The van der Waals surface area contributed by atoms with Gasteiger partial charge in [-0.1, -0.05) is 0 Å². The first-order valence-electron chi connectivity index (χ1n) is 11.1. The number of benzene rings is 2. The Morgan fingerprint density at radius 3 is 2.47 bits per heavy atom. The van der Waals surface area contributed by atoms with Crippen molar-refractivity contribution >= 4 is 28.5 Å². The molecule has 11 nitrogen and oxygen atoms in total. The van der Waals surface area contributed by atoms with Crippen LogP contribution < -0.4 is 10.5 Å². The fourth-order valence-electron chi connectivity index (χ4n) is 4.02. The van der Waals surface area contributed by atoms with E-state index in [2.05, 4.69) is 0 Å². The number of rotatable bonds is 9. The third kappa shape index (κ3) is 4.76. The van der Waals surface area contributed by atoms with Crippen LogP contribution >= 0.6 is 0 Å². The molecule has 0 N–H and O–H groups in total. The molecule has 0 fully saturated rings. The van der Waals surface area contributed by atoms with Gasteiger partial charge in [-0.15, -0.1) is 0 Å². The number of nitrogens with zero attached hydrogens (tertiary/aromatic N) is 3. The first-order valence-corrected chi connectivity index (χ1v) is 11.1. The molecular formula is C25H23N3O8. The van der Waals surface area contributed by atoms with Gasteiger partial charge in [0.2, 0.25) is 5.78 Å². The lowest BCUT2D eigenvalue weighted by Gasteiger charge is -2.11. The van der Waals surface area contributed by atoms with E-state index in [1.165, 1.54) is 12.1 Å². The van der Waals surface area contributed by atoms with E-state index < -0.39 is 35.6 Å². The van der Waals surface area contributed by atoms with Gasteiger partial charge in [0, 0.05) is 28.7 Å². The number of hydrogen-bond donors (Lipinski definition) is 0. The van der Waals surface area contributed by atoms with Gasteiger partial charge in [0.25, 0.3) is 5.69 Å². The van der Waals surface area contributed by atoms with Crippen LogP contribution in [0, 0.1) is 24.0 Å². The van der Waals surface area contributed by atoms with Crippen LogP contribution in [0.15, 0.2) is 57.7 Å². The van der Waals surface area contributed by atoms with Gasteiger partial charge in [-0.3, -0.25) is 24.3 Å². The maximum atomic E-state index is 12.8. The molecule has 0 aliphatic heterocycles. The van der Waals surface area contributed by atoms with E-state index in [0.29, 0.717) is 17.9 Å². The van der Waals surface area contributed by atoms with Crippen molar-refractivity contribution in [3.05, 3.63) is 86.1 Å². The fourth-order valence-corrected chi connectivity index (χ4v) is 4.02. The number of oxazole rings is 1. The Bertz CT molecular complexity index is 1530. The SMILES string of the molecule is CCOc1ccc(-n2c(C)cc(C(=O)COC(=O)Cn3c(=O)oc4cc([N+](=O)[O-])ccc43)c2C)cc1. The Kier molecular flexibility index (Phi) is 6.73. The number of Topliss-reactive ketones (excluding diaryl/α,β-unsaturated/α-hetero) is 1. The molecule has 2 aromatic heterocycles. The van der Waals surface area contributed by atoms with Crippen molar-refractivity contribution in [2.45, 2.75) is 27.3 Å². The highest BCUT2D eigenvalue weighted by molar-refractivity contribution is 5.99. The first-order chi connectivity index (χ1) is 17.2. The highest BCUT2D eigenvalue weighted by Gasteiger charge is 2.20. The minimum Gasteiger partial charge on any atom is -0.494 e. The molecule has 0 spiro atoms. The van der Waals surface area contributed by atoms with Crippen molar-refractivity contribution in [3.8, 4) is 11.4 Å². The predicted molar refractivity (Wildman–Crippen MR) is 129 cm³/mol. The maximum absolute atomic E-state index is 12.8. The first kappa shape index (κ1) is 24.5. The minimum absolute atomic E-state index is 0.0280. The lowest BCUT2D eigenvalue weighted by Crippen LogP contribution is -2.23. The molecule has 0 saturated carbocycles. The molecule has 4 rings (SSSR count). The van der Waals surface area contributed by atoms with Gasteiger partial charge in [0.1, 0.15) is 12.3 Å². The summed E-state index contributed by atoms with van der Waals surface area (Å²) in [6, 6.07) is 12.8. The van der Waals surface area contributed by atoms with E-state index in [1.807, 2.05) is 42.7 Å². The summed E-state index contributed by atoms with van der Waals surface area (Å²) in [5, 5.41) is 10.9. The predicted octanol–water partition coefficient (Wildman–Crippen LogP) is 3.74. The molecule has 4 aromatic rings. The lowest BCUT2D eigenvalue weighted by atomic mass is 10.1. The topological polar surface area (TPSA) is 136 Å². The molecule has 0 amide bonds. The summed E-state index contributed by atoms with van der Waals surface area (Å²) in [5.74, 6) is -1.34. The second kappa shape index (κ2) is 9.90. The van der Waals surface area contributed by atoms with Crippen LogP contribution in [-0.4, -0.2) is 39.0 Å². The molecule has 0 atom stereocenters. The quantitative estimate of drug-likeness (QED) is 0.149. The van der Waals surface area contributed by atoms with Gasteiger partial charge in [-0.05, 0) is 57.2 Å². The van der Waals surface area contributed by atoms with E-state index in [4.69, 9.17) is 13.9 Å². The minimum atomic E-state index is -0.868. The van der Waals surface area contributed by atoms with Gasteiger partial charge in [-0.25, -0.2) is 4.79 Å². The third-order valence-electron chi connectivity index (χ3n) is 5.65. The van der Waals surface area contributed by atoms with E-state index in [1.54, 1.807) is 13.0 Å². The second-order valence-electron chi connectivity index (χ2n) is 7.99. The van der Waals surface area contributed by atoms with Gasteiger partial charge in [-0.2, -0.15) is 0 Å². The van der Waals surface area contributed by atoms with Crippen LogP contribution in [-0.2, 0) is 16.1 Å². The van der Waals surface area contributed by atoms with Crippen LogP contribution in [0.25, 0.3) is 16.8 Å². The van der Waals surface area contributed by atoms with Crippen LogP contribution in [0.2, 0.25) is 0 Å². The number of nitro benzene ring substituents is 1. The number of carbonyl (C=O) groups excluding carboxylic acids is 2. The molecular weight excluding hydrogens is 470 g/mol. The Balaban J connectivity index is 1.45. The highest BCUT2D eigenvalue weighted by atomic mass is 16.6. The van der Waals surface area contributed by atoms with Gasteiger partial charge < -0.3 is 18.5 Å². The van der Waals surface area contributed by atoms with Crippen molar-refractivity contribution in [2.24, 2.45) is 0 Å². The molecule has 0 saturated heterocycles. The zero-order chi connectivity index (χ0) is 26.0. The summed E-state index contributed by atoms with van der Waals surface area (Å²) in [4.78, 5) is 47.6. The summed E-state index contributed by atoms with van der Waals surface area (Å²) < 4.78 is 18.5. The monoisotopic (exact) mass is 493 g/mol. The van der Waals surface area contributed by atoms with Crippen molar-refractivity contribution < 1.29 is 28.4 Å². The Hall–Kier alpha value is -4.67. The summed E-state index contributed by atoms with van der Waals surface area (Å²) >= 11 is 0. The molecule has 0 aliphatic rings. The van der Waals surface area contributed by atoms with E-state index in [0.717, 1.165) is 27.8 Å². The molecule has 2 heterocycles. The average molecular weight is 493 g/mol. The zero-order valence-electron chi connectivity index (χ0n) is 19.8. The molecule has 0 radical (unpaired) electrons. The van der Waals surface area contributed by atoms with Gasteiger partial charge in [0.05, 0.1) is 23.1 Å². The van der Waals surface area contributed by atoms with Crippen molar-refractivity contribution in [1.82, 2.24) is 9.13 Å². The number of ether oxygens (including phenoxy) is 2. The highest BCUT2D eigenvalue weighted by Crippen LogP contribution is 2.24. The van der Waals surface area contributed by atoms with Crippen LogP contribution in [0.1, 0.15) is 28.7 Å². The molecule has 0 bridgehead atoms. The number of hydrogen-bond acceptors (Lipinski definition) is 8. The Labute approximate surface area is 204 Å². The van der Waals surface area contributed by atoms with E-state index in [9.17, 15) is 24.5 Å². The molecule has 0 aliphatic carbocycles. The van der Waals surface area contributed by atoms with Crippen LogP contribution in [0.3, 0.4) is 0 Å². The number of non-ortho nitro benzene ring substituents is 1. The maximum Gasteiger partial charge on any atom is 0.420 e. The number of fused-ring (bicyclic) bond motifs is 1. The number of nitro groups is 1. The molecule has 11 heteroatoms. The normalized spacial score (nSPS) is 11.0. The largest absolute Gasteiger partial charge is 0.494 e. The Morgan fingerprint density at radius 1 is 1.08 bits per heavy atom. The standard InChI is InChI=1S/C25H23N3O8/c1-4-34-19-8-5-17(6-9-19)27-15(2)11-20(16(27)3)22(29)14-35-24(30)13-26-21-10-7-18(28(32)33)12-23(21)36-25(26)31/h5-12H,4,13-14H2,1-3H3. The lowest BCUT2D eigenvalue weighted by molar-refractivity contribution is -0.384. The molecule has 36 heavy (non-hydrogen) atoms. The average Bonchev–Trinajstić information content (AvgIpc) is 3.32. The Morgan fingerprint density at radius 2 is 1.81 bits per heavy atom. The van der Waals surface area contributed by atoms with Crippen LogP contribution in [0.4, 0.5) is 5.69 Å². The number of carbonyl (C=O) groups is 2. The third-order valence-corrected chi connectivity index (χ3v) is 5.65. The summed E-state index contributed by atoms with van der Waals surface area (Å²) in [7, 11) is 0. The molecule has 0 unspecified atom stereocenters. The van der Waals surface area contributed by atoms with E-state index in [-0.39, 0.29) is 16.8 Å². The van der Waals surface area contributed by atoms with Crippen molar-refractivity contribution in [3.63, 3.8) is 0 Å². The van der Waals surface area contributed by atoms with Gasteiger partial charge in [0.15, 0.2) is 12.2 Å². The fraction of sp³-hybridized carbons (Fsp3) is 0.240. The number of aromatic nitrogens is 2. The summed E-state index contributed by atoms with van der Waals surface area (Å²) in [5.41, 5.74) is 2.71. The summed E-state index contributed by atoms with van der Waals surface area (Å²) in [6.45, 7) is 5.11. The van der Waals surface area contributed by atoms with Crippen molar-refractivity contribution in [2.75, 3.05) is 13.2 Å². The van der Waals surface area contributed by atoms with Crippen LogP contribution in [0.5, 0.6) is 5.75 Å². The van der Waals surface area contributed by atoms with E-state index >= 15 is 0 Å². The zero-order valence-corrected chi connectivity index (χ0v) is 19.8. The van der Waals surface area contributed by atoms with Crippen molar-refractivity contribution in [1.29, 1.82) is 0 Å².